The summed E-state index contributed by atoms with van der Waals surface area (Å²) >= 11 is 1.88. The van der Waals surface area contributed by atoms with Gasteiger partial charge in [0.05, 0.1) is 6.42 Å². The van der Waals surface area contributed by atoms with Crippen molar-refractivity contribution in [2.75, 3.05) is 12.3 Å². The lowest BCUT2D eigenvalue weighted by Gasteiger charge is -2.21. The van der Waals surface area contributed by atoms with Gasteiger partial charge in [0.15, 0.2) is 0 Å². The number of hydrogen-bond donors (Lipinski definition) is 3. The molecule has 0 aromatic rings. The third-order valence-electron chi connectivity index (χ3n) is 3.03. The number of carboxylic acids is 1. The maximum absolute atomic E-state index is 11.7. The van der Waals surface area contributed by atoms with Crippen molar-refractivity contribution in [2.45, 2.75) is 44.4 Å². The highest BCUT2D eigenvalue weighted by Gasteiger charge is 2.20. The van der Waals surface area contributed by atoms with E-state index in [0.29, 0.717) is 11.8 Å². The molecule has 0 bridgehead atoms. The second-order valence-electron chi connectivity index (χ2n) is 4.94. The smallest absolute Gasteiger partial charge is 0.315 e. The summed E-state index contributed by atoms with van der Waals surface area (Å²) in [7, 11) is 0. The molecule has 1 fully saturated rings. The fourth-order valence-electron chi connectivity index (χ4n) is 1.87. The summed E-state index contributed by atoms with van der Waals surface area (Å²) in [5.41, 5.74) is 0. The highest BCUT2D eigenvalue weighted by Crippen LogP contribution is 2.25. The molecule has 2 unspecified atom stereocenters. The van der Waals surface area contributed by atoms with Crippen molar-refractivity contribution >= 4 is 23.8 Å². The summed E-state index contributed by atoms with van der Waals surface area (Å²) in [4.78, 5) is 22.4. The predicted octanol–water partition coefficient (Wildman–Crippen LogP) is 1.68. The van der Waals surface area contributed by atoms with Gasteiger partial charge >= 0.3 is 12.0 Å². The molecule has 0 aromatic heterocycles. The summed E-state index contributed by atoms with van der Waals surface area (Å²) in [6, 6.07) is -0.582. The van der Waals surface area contributed by atoms with Crippen LogP contribution in [0.5, 0.6) is 0 Å². The standard InChI is InChI=1S/C12H22N2O3S/c1-8(2)10(6-11(15)16)14-12(17)13-7-9-4-3-5-18-9/h8-10H,3-7H2,1-2H3,(H,15,16)(H2,13,14,17). The van der Waals surface area contributed by atoms with E-state index in [1.165, 1.54) is 12.2 Å². The molecule has 2 amide bonds. The van der Waals surface area contributed by atoms with Crippen LogP contribution in [0.1, 0.15) is 33.1 Å². The number of urea groups is 1. The third-order valence-corrected chi connectivity index (χ3v) is 4.43. The van der Waals surface area contributed by atoms with Gasteiger partial charge in [-0.3, -0.25) is 4.79 Å². The van der Waals surface area contributed by atoms with Gasteiger partial charge < -0.3 is 15.7 Å². The molecule has 1 saturated heterocycles. The van der Waals surface area contributed by atoms with Gasteiger partial charge in [-0.25, -0.2) is 4.79 Å². The molecule has 1 aliphatic rings. The first kappa shape index (κ1) is 15.1. The zero-order valence-electron chi connectivity index (χ0n) is 10.9. The number of nitrogens with one attached hydrogen (secondary N) is 2. The van der Waals surface area contributed by atoms with E-state index in [-0.39, 0.29) is 24.4 Å². The SMILES string of the molecule is CC(C)C(CC(=O)O)NC(=O)NCC1CCCS1. The van der Waals surface area contributed by atoms with E-state index >= 15 is 0 Å². The first-order valence-corrected chi connectivity index (χ1v) is 7.41. The molecule has 0 saturated carbocycles. The topological polar surface area (TPSA) is 78.4 Å². The maximum atomic E-state index is 11.7. The van der Waals surface area contributed by atoms with Gasteiger partial charge in [0, 0.05) is 17.8 Å². The largest absolute Gasteiger partial charge is 0.481 e. The first-order valence-electron chi connectivity index (χ1n) is 6.36. The molecule has 1 rings (SSSR count). The number of carboxylic acid groups (broad SMARTS) is 1. The molecule has 0 spiro atoms. The molecule has 1 heterocycles. The number of carbonyl (C=O) groups is 2. The van der Waals surface area contributed by atoms with Gasteiger partial charge in [0.1, 0.15) is 0 Å². The fraction of sp³-hybridized carbons (Fsp3) is 0.833. The van der Waals surface area contributed by atoms with E-state index in [4.69, 9.17) is 5.11 Å². The molecule has 6 heteroatoms. The number of thioether (sulfide) groups is 1. The van der Waals surface area contributed by atoms with Crippen LogP contribution >= 0.6 is 11.8 Å². The maximum Gasteiger partial charge on any atom is 0.315 e. The number of rotatable bonds is 6. The Kier molecular flexibility index (Phi) is 6.32. The predicted molar refractivity (Wildman–Crippen MR) is 72.9 cm³/mol. The average molecular weight is 274 g/mol. The summed E-state index contributed by atoms with van der Waals surface area (Å²) in [5.74, 6) is 0.384. The van der Waals surface area contributed by atoms with Gasteiger partial charge in [0.2, 0.25) is 0 Å². The van der Waals surface area contributed by atoms with E-state index in [0.717, 1.165) is 6.42 Å². The summed E-state index contributed by atoms with van der Waals surface area (Å²) in [5, 5.41) is 14.8. The van der Waals surface area contributed by atoms with Crippen molar-refractivity contribution in [3.05, 3.63) is 0 Å². The second-order valence-corrected chi connectivity index (χ2v) is 6.35. The molecule has 18 heavy (non-hydrogen) atoms. The monoisotopic (exact) mass is 274 g/mol. The Morgan fingerprint density at radius 2 is 2.17 bits per heavy atom. The van der Waals surface area contributed by atoms with Crippen molar-refractivity contribution in [3.8, 4) is 0 Å². The summed E-state index contributed by atoms with van der Waals surface area (Å²) < 4.78 is 0. The molecule has 104 valence electrons. The van der Waals surface area contributed by atoms with Crippen LogP contribution in [0.3, 0.4) is 0 Å². The minimum Gasteiger partial charge on any atom is -0.481 e. The highest BCUT2D eigenvalue weighted by molar-refractivity contribution is 8.00. The zero-order chi connectivity index (χ0) is 13.5. The second kappa shape index (κ2) is 7.51. The van der Waals surface area contributed by atoms with Gasteiger partial charge in [-0.1, -0.05) is 13.8 Å². The van der Waals surface area contributed by atoms with Crippen LogP contribution in [0.25, 0.3) is 0 Å². The molecular formula is C12H22N2O3S. The zero-order valence-corrected chi connectivity index (χ0v) is 11.8. The Hall–Kier alpha value is -0.910. The Labute approximate surface area is 112 Å². The van der Waals surface area contributed by atoms with E-state index in [1.807, 2.05) is 25.6 Å². The number of hydrogen-bond acceptors (Lipinski definition) is 3. The molecular weight excluding hydrogens is 252 g/mol. The van der Waals surface area contributed by atoms with Gasteiger partial charge in [-0.15, -0.1) is 0 Å². The van der Waals surface area contributed by atoms with Crippen LogP contribution in [0.15, 0.2) is 0 Å². The minimum absolute atomic E-state index is 0.0384. The van der Waals surface area contributed by atoms with Crippen LogP contribution in [0.2, 0.25) is 0 Å². The fourth-order valence-corrected chi connectivity index (χ4v) is 3.07. The van der Waals surface area contributed by atoms with Crippen molar-refractivity contribution in [1.82, 2.24) is 10.6 Å². The van der Waals surface area contributed by atoms with E-state index < -0.39 is 5.97 Å². The number of aliphatic carboxylic acids is 1. The van der Waals surface area contributed by atoms with Gasteiger partial charge in [0.25, 0.3) is 0 Å². The highest BCUT2D eigenvalue weighted by atomic mass is 32.2. The van der Waals surface area contributed by atoms with Crippen LogP contribution in [-0.2, 0) is 4.79 Å². The van der Waals surface area contributed by atoms with Crippen molar-refractivity contribution in [1.29, 1.82) is 0 Å². The molecule has 5 nitrogen and oxygen atoms in total. The molecule has 0 aliphatic carbocycles. The number of amides is 2. The molecule has 0 radical (unpaired) electrons. The lowest BCUT2D eigenvalue weighted by Crippen LogP contribution is -2.46. The third kappa shape index (κ3) is 5.62. The van der Waals surface area contributed by atoms with Crippen molar-refractivity contribution < 1.29 is 14.7 Å². The van der Waals surface area contributed by atoms with Crippen LogP contribution in [-0.4, -0.2) is 40.7 Å². The van der Waals surface area contributed by atoms with Crippen molar-refractivity contribution in [2.24, 2.45) is 5.92 Å². The Morgan fingerprint density at radius 3 is 2.67 bits per heavy atom. The van der Waals surface area contributed by atoms with Crippen LogP contribution in [0.4, 0.5) is 4.79 Å². The van der Waals surface area contributed by atoms with Gasteiger partial charge in [-0.2, -0.15) is 11.8 Å². The molecule has 3 N–H and O–H groups in total. The Balaban J connectivity index is 2.28. The van der Waals surface area contributed by atoms with E-state index in [2.05, 4.69) is 10.6 Å². The average Bonchev–Trinajstić information content (AvgIpc) is 2.77. The normalized spacial score (nSPS) is 20.7. The van der Waals surface area contributed by atoms with Gasteiger partial charge in [-0.05, 0) is 24.5 Å². The minimum atomic E-state index is -0.889. The number of carbonyl (C=O) groups excluding carboxylic acids is 1. The summed E-state index contributed by atoms with van der Waals surface area (Å²) in [6.07, 6.45) is 2.32. The Bertz CT molecular complexity index is 291. The van der Waals surface area contributed by atoms with E-state index in [1.54, 1.807) is 0 Å². The quantitative estimate of drug-likeness (QED) is 0.688. The molecule has 1 aliphatic heterocycles. The Morgan fingerprint density at radius 1 is 1.44 bits per heavy atom. The van der Waals surface area contributed by atoms with Crippen LogP contribution in [0, 0.1) is 5.92 Å². The lowest BCUT2D eigenvalue weighted by molar-refractivity contribution is -0.137. The lowest BCUT2D eigenvalue weighted by atomic mass is 10.0. The van der Waals surface area contributed by atoms with Crippen molar-refractivity contribution in [3.63, 3.8) is 0 Å². The van der Waals surface area contributed by atoms with E-state index in [9.17, 15) is 9.59 Å². The first-order chi connectivity index (χ1) is 8.49. The molecule has 0 aromatic carbocycles. The molecule has 2 atom stereocenters. The van der Waals surface area contributed by atoms with Crippen LogP contribution < -0.4 is 10.6 Å². The summed E-state index contributed by atoms with van der Waals surface area (Å²) in [6.45, 7) is 4.47.